The molecule has 5 heteroatoms. The smallest absolute Gasteiger partial charge is 0.228 e. The number of rotatable bonds is 4. The predicted octanol–water partition coefficient (Wildman–Crippen LogP) is 2.45. The highest BCUT2D eigenvalue weighted by atomic mass is 16.5. The van der Waals surface area contributed by atoms with E-state index in [1.807, 2.05) is 36.1 Å². The van der Waals surface area contributed by atoms with Crippen molar-refractivity contribution in [3.8, 4) is 5.75 Å². The van der Waals surface area contributed by atoms with Gasteiger partial charge in [0.05, 0.1) is 18.2 Å². The van der Waals surface area contributed by atoms with Crippen LogP contribution in [0.4, 0.5) is 5.69 Å². The second kappa shape index (κ2) is 7.02. The SMILES string of the molecule is CCOc1ccccc1N1C[C@H](C(=O)N2CCCCC2)CC1=O. The van der Waals surface area contributed by atoms with Gasteiger partial charge in [-0.2, -0.15) is 0 Å². The first-order chi connectivity index (χ1) is 11.2. The maximum absolute atomic E-state index is 12.6. The molecular weight excluding hydrogens is 292 g/mol. The van der Waals surface area contributed by atoms with Crippen LogP contribution in [0.2, 0.25) is 0 Å². The van der Waals surface area contributed by atoms with Crippen LogP contribution in [0.3, 0.4) is 0 Å². The third kappa shape index (κ3) is 3.33. The van der Waals surface area contributed by atoms with Crippen LogP contribution in [0.5, 0.6) is 5.75 Å². The average molecular weight is 316 g/mol. The van der Waals surface area contributed by atoms with Crippen molar-refractivity contribution in [1.29, 1.82) is 0 Å². The molecule has 2 fully saturated rings. The number of anilines is 1. The van der Waals surface area contributed by atoms with Crippen molar-refractivity contribution in [3.05, 3.63) is 24.3 Å². The third-order valence-electron chi connectivity index (χ3n) is 4.60. The number of nitrogens with zero attached hydrogens (tertiary/aromatic N) is 2. The molecule has 3 rings (SSSR count). The highest BCUT2D eigenvalue weighted by Gasteiger charge is 2.38. The zero-order chi connectivity index (χ0) is 16.2. The van der Waals surface area contributed by atoms with E-state index in [4.69, 9.17) is 4.74 Å². The standard InChI is InChI=1S/C18H24N2O3/c1-2-23-16-9-5-4-8-15(16)20-13-14(12-17(20)21)18(22)19-10-6-3-7-11-19/h4-5,8-9,14H,2-3,6-7,10-13H2,1H3/t14-/m1/s1. The molecular formula is C18H24N2O3. The van der Waals surface area contributed by atoms with Crippen LogP contribution in [0, 0.1) is 5.92 Å². The minimum Gasteiger partial charge on any atom is -0.492 e. The molecule has 0 aromatic heterocycles. The Morgan fingerprint density at radius 3 is 2.70 bits per heavy atom. The van der Waals surface area contributed by atoms with Gasteiger partial charge in [-0.15, -0.1) is 0 Å². The second-order valence-electron chi connectivity index (χ2n) is 6.19. The minimum atomic E-state index is -0.227. The lowest BCUT2D eigenvalue weighted by Crippen LogP contribution is -2.40. The Morgan fingerprint density at radius 1 is 1.22 bits per heavy atom. The van der Waals surface area contributed by atoms with Crippen molar-refractivity contribution in [3.63, 3.8) is 0 Å². The summed E-state index contributed by atoms with van der Waals surface area (Å²) in [5.74, 6) is 0.617. The fourth-order valence-corrected chi connectivity index (χ4v) is 3.44. The van der Waals surface area contributed by atoms with Gasteiger partial charge in [0.1, 0.15) is 5.75 Å². The van der Waals surface area contributed by atoms with Crippen molar-refractivity contribution >= 4 is 17.5 Å². The lowest BCUT2D eigenvalue weighted by atomic mass is 10.0. The summed E-state index contributed by atoms with van der Waals surface area (Å²) in [6, 6.07) is 7.54. The van der Waals surface area contributed by atoms with Crippen LogP contribution >= 0.6 is 0 Å². The normalized spacial score (nSPS) is 21.6. The summed E-state index contributed by atoms with van der Waals surface area (Å²) >= 11 is 0. The molecule has 0 aliphatic carbocycles. The molecule has 23 heavy (non-hydrogen) atoms. The molecule has 0 N–H and O–H groups in total. The van der Waals surface area contributed by atoms with Crippen LogP contribution in [-0.4, -0.2) is 43.0 Å². The van der Waals surface area contributed by atoms with Gasteiger partial charge in [0.15, 0.2) is 0 Å². The second-order valence-corrected chi connectivity index (χ2v) is 6.19. The quantitative estimate of drug-likeness (QED) is 0.857. The topological polar surface area (TPSA) is 49.9 Å². The Labute approximate surface area is 137 Å². The molecule has 1 aromatic rings. The maximum Gasteiger partial charge on any atom is 0.228 e. The van der Waals surface area contributed by atoms with E-state index in [9.17, 15) is 9.59 Å². The number of carbonyl (C=O) groups excluding carboxylic acids is 2. The zero-order valence-electron chi connectivity index (χ0n) is 13.7. The summed E-state index contributed by atoms with van der Waals surface area (Å²) in [6.07, 6.45) is 3.64. The number of piperidine rings is 1. The van der Waals surface area contributed by atoms with Crippen LogP contribution in [0.25, 0.3) is 0 Å². The molecule has 2 saturated heterocycles. The molecule has 2 aliphatic rings. The highest BCUT2D eigenvalue weighted by Crippen LogP contribution is 2.33. The Morgan fingerprint density at radius 2 is 1.96 bits per heavy atom. The van der Waals surface area contributed by atoms with E-state index in [-0.39, 0.29) is 17.7 Å². The molecule has 2 heterocycles. The molecule has 0 radical (unpaired) electrons. The van der Waals surface area contributed by atoms with Gasteiger partial charge in [0.2, 0.25) is 11.8 Å². The Balaban J connectivity index is 1.73. The Hall–Kier alpha value is -2.04. The van der Waals surface area contributed by atoms with Gasteiger partial charge in [-0.1, -0.05) is 12.1 Å². The largest absolute Gasteiger partial charge is 0.492 e. The van der Waals surface area contributed by atoms with E-state index in [2.05, 4.69) is 0 Å². The van der Waals surface area contributed by atoms with E-state index in [1.54, 1.807) is 4.90 Å². The fraction of sp³-hybridized carbons (Fsp3) is 0.556. The first-order valence-electron chi connectivity index (χ1n) is 8.51. The van der Waals surface area contributed by atoms with Crippen molar-refractivity contribution in [1.82, 2.24) is 4.90 Å². The van der Waals surface area contributed by atoms with E-state index in [0.717, 1.165) is 31.6 Å². The van der Waals surface area contributed by atoms with E-state index >= 15 is 0 Å². The summed E-state index contributed by atoms with van der Waals surface area (Å²) in [5.41, 5.74) is 0.772. The summed E-state index contributed by atoms with van der Waals surface area (Å²) < 4.78 is 5.62. The molecule has 0 bridgehead atoms. The van der Waals surface area contributed by atoms with Gasteiger partial charge in [0, 0.05) is 26.1 Å². The van der Waals surface area contributed by atoms with Crippen molar-refractivity contribution in [2.75, 3.05) is 31.1 Å². The molecule has 2 amide bonds. The van der Waals surface area contributed by atoms with Gasteiger partial charge < -0.3 is 14.5 Å². The third-order valence-corrected chi connectivity index (χ3v) is 4.60. The number of para-hydroxylation sites is 2. The first-order valence-corrected chi connectivity index (χ1v) is 8.51. The first kappa shape index (κ1) is 15.8. The van der Waals surface area contributed by atoms with Crippen molar-refractivity contribution in [2.45, 2.75) is 32.6 Å². The van der Waals surface area contributed by atoms with Crippen LogP contribution in [-0.2, 0) is 9.59 Å². The van der Waals surface area contributed by atoms with Gasteiger partial charge >= 0.3 is 0 Å². The van der Waals surface area contributed by atoms with Gasteiger partial charge in [-0.05, 0) is 38.3 Å². The summed E-state index contributed by atoms with van der Waals surface area (Å²) in [5, 5.41) is 0. The van der Waals surface area contributed by atoms with Crippen molar-refractivity contribution in [2.24, 2.45) is 5.92 Å². The summed E-state index contributed by atoms with van der Waals surface area (Å²) in [6.45, 7) is 4.59. The Bertz CT molecular complexity index is 581. The van der Waals surface area contributed by atoms with Gasteiger partial charge in [0.25, 0.3) is 0 Å². The average Bonchev–Trinajstić information content (AvgIpc) is 2.97. The van der Waals surface area contributed by atoms with E-state index < -0.39 is 0 Å². The Kier molecular flexibility index (Phi) is 4.84. The molecule has 1 atom stereocenters. The summed E-state index contributed by atoms with van der Waals surface area (Å²) in [4.78, 5) is 28.7. The van der Waals surface area contributed by atoms with Crippen LogP contribution in [0.15, 0.2) is 24.3 Å². The molecule has 124 valence electrons. The fourth-order valence-electron chi connectivity index (χ4n) is 3.44. The highest BCUT2D eigenvalue weighted by molar-refractivity contribution is 6.01. The molecule has 0 unspecified atom stereocenters. The number of hydrogen-bond donors (Lipinski definition) is 0. The predicted molar refractivity (Wildman–Crippen MR) is 88.5 cm³/mol. The molecule has 5 nitrogen and oxygen atoms in total. The molecule has 0 saturated carbocycles. The molecule has 2 aliphatic heterocycles. The lowest BCUT2D eigenvalue weighted by Gasteiger charge is -2.29. The number of benzene rings is 1. The van der Waals surface area contributed by atoms with Crippen LogP contribution in [0.1, 0.15) is 32.6 Å². The monoisotopic (exact) mass is 316 g/mol. The van der Waals surface area contributed by atoms with Crippen LogP contribution < -0.4 is 9.64 Å². The van der Waals surface area contributed by atoms with E-state index in [0.29, 0.717) is 25.3 Å². The summed E-state index contributed by atoms with van der Waals surface area (Å²) in [7, 11) is 0. The van der Waals surface area contributed by atoms with Gasteiger partial charge in [-0.3, -0.25) is 9.59 Å². The lowest BCUT2D eigenvalue weighted by molar-refractivity contribution is -0.136. The van der Waals surface area contributed by atoms with Crippen molar-refractivity contribution < 1.29 is 14.3 Å². The zero-order valence-corrected chi connectivity index (χ0v) is 13.7. The van der Waals surface area contributed by atoms with Gasteiger partial charge in [-0.25, -0.2) is 0 Å². The number of carbonyl (C=O) groups is 2. The molecule has 0 spiro atoms. The molecule has 1 aromatic carbocycles. The number of ether oxygens (including phenoxy) is 1. The van der Waals surface area contributed by atoms with E-state index in [1.165, 1.54) is 6.42 Å². The number of hydrogen-bond acceptors (Lipinski definition) is 3. The number of likely N-dealkylation sites (tertiary alicyclic amines) is 1. The minimum absolute atomic E-state index is 0.00696. The number of amides is 2. The maximum atomic E-state index is 12.6.